The first-order valence-corrected chi connectivity index (χ1v) is 9.29. The molecule has 0 aliphatic carbocycles. The highest BCUT2D eigenvalue weighted by atomic mass is 28.3. The molecule has 3 nitrogen and oxygen atoms in total. The van der Waals surface area contributed by atoms with E-state index in [9.17, 15) is 0 Å². The first-order chi connectivity index (χ1) is 8.74. The zero-order valence-corrected chi connectivity index (χ0v) is 13.7. The molecule has 1 N–H and O–H groups in total. The molecule has 0 aromatic rings. The van der Waals surface area contributed by atoms with Crippen molar-refractivity contribution in [1.82, 2.24) is 5.32 Å². The monoisotopic (exact) mass is 273 g/mol. The summed E-state index contributed by atoms with van der Waals surface area (Å²) in [6.45, 7) is 12.8. The van der Waals surface area contributed by atoms with Crippen molar-refractivity contribution in [2.24, 2.45) is 11.8 Å². The van der Waals surface area contributed by atoms with E-state index >= 15 is 0 Å². The topological polar surface area (TPSA) is 30.5 Å². The molecule has 1 rings (SSSR count). The molecule has 0 saturated carbocycles. The Labute approximate surface area is 114 Å². The van der Waals surface area contributed by atoms with Crippen molar-refractivity contribution >= 4 is 9.28 Å². The molecule has 3 unspecified atom stereocenters. The van der Waals surface area contributed by atoms with Crippen LogP contribution in [0.3, 0.4) is 0 Å². The molecular weight excluding hydrogens is 242 g/mol. The van der Waals surface area contributed by atoms with E-state index in [1.165, 1.54) is 32.4 Å². The molecule has 3 atom stereocenters. The molecule has 1 fully saturated rings. The molecule has 1 aliphatic rings. The van der Waals surface area contributed by atoms with Gasteiger partial charge in [-0.3, -0.25) is 0 Å². The Morgan fingerprint density at radius 1 is 1.22 bits per heavy atom. The second kappa shape index (κ2) is 9.07. The van der Waals surface area contributed by atoms with E-state index in [4.69, 9.17) is 8.85 Å². The van der Waals surface area contributed by atoms with Gasteiger partial charge in [-0.2, -0.15) is 0 Å². The maximum absolute atomic E-state index is 5.91. The van der Waals surface area contributed by atoms with E-state index in [0.29, 0.717) is 5.54 Å². The van der Waals surface area contributed by atoms with Crippen molar-refractivity contribution in [3.8, 4) is 0 Å². The van der Waals surface area contributed by atoms with Gasteiger partial charge in [-0.1, -0.05) is 20.3 Å². The summed E-state index contributed by atoms with van der Waals surface area (Å²) in [6, 6.07) is 0. The molecule has 18 heavy (non-hydrogen) atoms. The predicted octanol–water partition coefficient (Wildman–Crippen LogP) is 2.70. The van der Waals surface area contributed by atoms with E-state index in [1.807, 2.05) is 0 Å². The third-order valence-corrected chi connectivity index (χ3v) is 6.86. The van der Waals surface area contributed by atoms with Gasteiger partial charge in [0.1, 0.15) is 0 Å². The standard InChI is InChI=1S/C14H31NO2Si/c1-5-14(13-9-8-10-15-11-13)12(4)18(16-6-2)17-7-3/h12-15,18H,5-11H2,1-4H3. The van der Waals surface area contributed by atoms with Crippen LogP contribution < -0.4 is 5.32 Å². The average Bonchev–Trinajstić information content (AvgIpc) is 2.40. The largest absolute Gasteiger partial charge is 0.397 e. The zero-order chi connectivity index (χ0) is 13.4. The number of nitrogens with one attached hydrogen (secondary N) is 1. The fraction of sp³-hybridized carbons (Fsp3) is 1.00. The van der Waals surface area contributed by atoms with Crippen molar-refractivity contribution in [3.63, 3.8) is 0 Å². The summed E-state index contributed by atoms with van der Waals surface area (Å²) >= 11 is 0. The van der Waals surface area contributed by atoms with Crippen LogP contribution in [0.1, 0.15) is 47.0 Å². The lowest BCUT2D eigenvalue weighted by molar-refractivity contribution is 0.173. The number of rotatable bonds is 8. The van der Waals surface area contributed by atoms with Crippen LogP contribution in [-0.4, -0.2) is 35.6 Å². The molecule has 108 valence electrons. The van der Waals surface area contributed by atoms with Crippen LogP contribution in [0, 0.1) is 11.8 Å². The van der Waals surface area contributed by atoms with Crippen molar-refractivity contribution in [1.29, 1.82) is 0 Å². The Bertz CT molecular complexity index is 204. The quantitative estimate of drug-likeness (QED) is 0.690. The van der Waals surface area contributed by atoms with E-state index in [1.54, 1.807) is 0 Å². The predicted molar refractivity (Wildman–Crippen MR) is 79.2 cm³/mol. The van der Waals surface area contributed by atoms with Gasteiger partial charge in [-0.15, -0.1) is 0 Å². The fourth-order valence-corrected chi connectivity index (χ4v) is 5.61. The Hall–Kier alpha value is 0.0969. The highest BCUT2D eigenvalue weighted by Gasteiger charge is 2.33. The molecule has 0 radical (unpaired) electrons. The van der Waals surface area contributed by atoms with Crippen LogP contribution in [0.15, 0.2) is 0 Å². The summed E-state index contributed by atoms with van der Waals surface area (Å²) in [5.74, 6) is 1.57. The second-order valence-electron chi connectivity index (χ2n) is 5.32. The normalized spacial score (nSPS) is 24.2. The lowest BCUT2D eigenvalue weighted by Crippen LogP contribution is -2.40. The van der Waals surface area contributed by atoms with Gasteiger partial charge >= 0.3 is 9.28 Å². The molecule has 0 aromatic carbocycles. The lowest BCUT2D eigenvalue weighted by atomic mass is 9.82. The molecule has 0 bridgehead atoms. The average molecular weight is 273 g/mol. The highest BCUT2D eigenvalue weighted by Crippen LogP contribution is 2.35. The maximum Gasteiger partial charge on any atom is 0.324 e. The molecule has 0 spiro atoms. The molecule has 0 amide bonds. The summed E-state index contributed by atoms with van der Waals surface area (Å²) in [5.41, 5.74) is 0.611. The highest BCUT2D eigenvalue weighted by molar-refractivity contribution is 6.46. The summed E-state index contributed by atoms with van der Waals surface area (Å²) in [7, 11) is -1.50. The van der Waals surface area contributed by atoms with Gasteiger partial charge in [-0.05, 0) is 51.6 Å². The number of hydrogen-bond acceptors (Lipinski definition) is 3. The molecule has 1 aliphatic heterocycles. The van der Waals surface area contributed by atoms with Crippen LogP contribution >= 0.6 is 0 Å². The molecule has 0 aromatic heterocycles. The summed E-state index contributed by atoms with van der Waals surface area (Å²) in [4.78, 5) is 0. The third kappa shape index (κ3) is 4.65. The smallest absolute Gasteiger partial charge is 0.324 e. The Kier molecular flexibility index (Phi) is 8.14. The maximum atomic E-state index is 5.91. The van der Waals surface area contributed by atoms with Crippen LogP contribution in [0.5, 0.6) is 0 Å². The summed E-state index contributed by atoms with van der Waals surface area (Å²) in [5, 5.41) is 3.54. The van der Waals surface area contributed by atoms with Gasteiger partial charge in [0.25, 0.3) is 0 Å². The van der Waals surface area contributed by atoms with Crippen LogP contribution in [0.4, 0.5) is 0 Å². The Morgan fingerprint density at radius 3 is 2.33 bits per heavy atom. The van der Waals surface area contributed by atoms with Gasteiger partial charge in [0.2, 0.25) is 0 Å². The second-order valence-corrected chi connectivity index (χ2v) is 7.77. The molecule has 1 saturated heterocycles. The van der Waals surface area contributed by atoms with Crippen LogP contribution in [-0.2, 0) is 8.85 Å². The van der Waals surface area contributed by atoms with Gasteiger partial charge in [0.05, 0.1) is 0 Å². The van der Waals surface area contributed by atoms with E-state index in [0.717, 1.165) is 25.0 Å². The van der Waals surface area contributed by atoms with Gasteiger partial charge in [0, 0.05) is 18.8 Å². The van der Waals surface area contributed by atoms with E-state index in [-0.39, 0.29) is 0 Å². The number of piperidine rings is 1. The van der Waals surface area contributed by atoms with Crippen LogP contribution in [0.25, 0.3) is 0 Å². The molecule has 1 heterocycles. The van der Waals surface area contributed by atoms with Crippen molar-refractivity contribution in [2.75, 3.05) is 26.3 Å². The first kappa shape index (κ1) is 16.2. The zero-order valence-electron chi connectivity index (χ0n) is 12.6. The van der Waals surface area contributed by atoms with Gasteiger partial charge in [-0.25, -0.2) is 0 Å². The Balaban J connectivity index is 2.59. The third-order valence-electron chi connectivity index (χ3n) is 4.18. The minimum atomic E-state index is -1.50. The van der Waals surface area contributed by atoms with Crippen molar-refractivity contribution in [2.45, 2.75) is 52.5 Å². The minimum absolute atomic E-state index is 0.611. The lowest BCUT2D eigenvalue weighted by Gasteiger charge is -2.36. The van der Waals surface area contributed by atoms with Crippen molar-refractivity contribution < 1.29 is 8.85 Å². The first-order valence-electron chi connectivity index (χ1n) is 7.68. The van der Waals surface area contributed by atoms with Gasteiger partial charge < -0.3 is 14.2 Å². The fourth-order valence-electron chi connectivity index (χ4n) is 3.26. The van der Waals surface area contributed by atoms with Gasteiger partial charge in [0.15, 0.2) is 0 Å². The minimum Gasteiger partial charge on any atom is -0.397 e. The molecule has 4 heteroatoms. The summed E-state index contributed by atoms with van der Waals surface area (Å²) < 4.78 is 11.8. The number of hydrogen-bond donors (Lipinski definition) is 1. The van der Waals surface area contributed by atoms with E-state index < -0.39 is 9.28 Å². The van der Waals surface area contributed by atoms with Crippen LogP contribution in [0.2, 0.25) is 5.54 Å². The van der Waals surface area contributed by atoms with E-state index in [2.05, 4.69) is 33.0 Å². The Morgan fingerprint density at radius 2 is 1.89 bits per heavy atom. The molecular formula is C14H31NO2Si. The van der Waals surface area contributed by atoms with Crippen molar-refractivity contribution in [3.05, 3.63) is 0 Å². The SMILES string of the molecule is CCO[SiH](OCC)C(C)C(CC)C1CCCNC1. The summed E-state index contributed by atoms with van der Waals surface area (Å²) in [6.07, 6.45) is 3.94.